The lowest BCUT2D eigenvalue weighted by Gasteiger charge is -2.38. The van der Waals surface area contributed by atoms with Crippen molar-refractivity contribution in [2.75, 3.05) is 13.1 Å². The van der Waals surface area contributed by atoms with Crippen molar-refractivity contribution in [2.24, 2.45) is 5.73 Å². The van der Waals surface area contributed by atoms with Crippen LogP contribution in [0.1, 0.15) is 27.2 Å². The van der Waals surface area contributed by atoms with Crippen molar-refractivity contribution in [1.82, 2.24) is 4.90 Å². The maximum Gasteiger partial charge on any atom is 0.0742 e. The van der Waals surface area contributed by atoms with Crippen LogP contribution in [0.15, 0.2) is 0 Å². The normalized spacial score (nSPS) is 31.4. The quantitative estimate of drug-likeness (QED) is 0.719. The molecule has 0 bridgehead atoms. The van der Waals surface area contributed by atoms with Gasteiger partial charge in [0.2, 0.25) is 0 Å². The minimum Gasteiger partial charge on any atom is -0.393 e. The Hall–Kier alpha value is -0.190. The third-order valence-corrected chi connectivity index (χ3v) is 2.73. The molecule has 4 heteroatoms. The molecule has 0 radical (unpaired) electrons. The molecule has 3 nitrogen and oxygen atoms in total. The summed E-state index contributed by atoms with van der Waals surface area (Å²) in [4.78, 5) is 3.00. The topological polar surface area (TPSA) is 38.5 Å². The maximum atomic E-state index is 5.67. The lowest BCUT2D eigenvalue weighted by atomic mass is 10.1. The fraction of sp³-hybridized carbons (Fsp3) is 0.900. The van der Waals surface area contributed by atoms with Gasteiger partial charge in [-0.05, 0) is 20.8 Å². The Morgan fingerprint density at radius 3 is 2.43 bits per heavy atom. The molecule has 14 heavy (non-hydrogen) atoms. The van der Waals surface area contributed by atoms with E-state index in [0.29, 0.717) is 23.2 Å². The van der Waals surface area contributed by atoms with Crippen molar-refractivity contribution < 1.29 is 4.74 Å². The van der Waals surface area contributed by atoms with Gasteiger partial charge in [-0.15, -0.1) is 0 Å². The summed E-state index contributed by atoms with van der Waals surface area (Å²) in [6.07, 6.45) is 1.43. The van der Waals surface area contributed by atoms with E-state index in [1.807, 2.05) is 0 Å². The molecule has 1 heterocycles. The molecule has 0 aromatic rings. The molecule has 0 amide bonds. The molecule has 82 valence electrons. The fourth-order valence-corrected chi connectivity index (χ4v) is 2.24. The number of thiocarbonyl (C=S) groups is 1. The summed E-state index contributed by atoms with van der Waals surface area (Å²) in [5.41, 5.74) is 5.54. The molecule has 1 unspecified atom stereocenters. The molecule has 0 aromatic heterocycles. The van der Waals surface area contributed by atoms with Crippen molar-refractivity contribution in [1.29, 1.82) is 0 Å². The molecular weight excluding hydrogens is 196 g/mol. The highest BCUT2D eigenvalue weighted by Crippen LogP contribution is 2.15. The Labute approximate surface area is 91.6 Å². The van der Waals surface area contributed by atoms with Gasteiger partial charge in [-0.1, -0.05) is 12.2 Å². The molecule has 0 aliphatic carbocycles. The van der Waals surface area contributed by atoms with Gasteiger partial charge in [-0.25, -0.2) is 0 Å². The Balaban J connectivity index is 2.46. The van der Waals surface area contributed by atoms with E-state index >= 15 is 0 Å². The second-order valence-electron chi connectivity index (χ2n) is 4.23. The minimum absolute atomic E-state index is 0.313. The maximum absolute atomic E-state index is 5.67. The summed E-state index contributed by atoms with van der Waals surface area (Å²) >= 11 is 4.92. The predicted molar refractivity (Wildman–Crippen MR) is 62.4 cm³/mol. The number of morpholine rings is 1. The zero-order valence-electron chi connectivity index (χ0n) is 9.19. The van der Waals surface area contributed by atoms with Crippen LogP contribution in [0.2, 0.25) is 0 Å². The van der Waals surface area contributed by atoms with Crippen LogP contribution in [0.3, 0.4) is 0 Å². The van der Waals surface area contributed by atoms with E-state index in [0.717, 1.165) is 19.5 Å². The number of rotatable bonds is 3. The van der Waals surface area contributed by atoms with Gasteiger partial charge >= 0.3 is 0 Å². The first-order valence-electron chi connectivity index (χ1n) is 5.17. The van der Waals surface area contributed by atoms with Crippen molar-refractivity contribution in [3.05, 3.63) is 0 Å². The van der Waals surface area contributed by atoms with Crippen LogP contribution in [0.5, 0.6) is 0 Å². The first-order chi connectivity index (χ1) is 6.49. The van der Waals surface area contributed by atoms with Crippen molar-refractivity contribution in [3.8, 4) is 0 Å². The molecule has 1 fully saturated rings. The number of hydrogen-bond donors (Lipinski definition) is 1. The standard InChI is InChI=1S/C10H20N2OS/c1-7(4-10(11)14)12-5-8(2)13-9(3)6-12/h7-9H,4-6H2,1-3H3,(H2,11,14)/t7?,8-,9+. The van der Waals surface area contributed by atoms with E-state index in [4.69, 9.17) is 22.7 Å². The van der Waals surface area contributed by atoms with E-state index in [2.05, 4.69) is 25.7 Å². The van der Waals surface area contributed by atoms with E-state index in [9.17, 15) is 0 Å². The predicted octanol–water partition coefficient (Wildman–Crippen LogP) is 1.16. The fourth-order valence-electron chi connectivity index (χ4n) is 2.00. The SMILES string of the molecule is CC(CC(N)=S)N1C[C@@H](C)O[C@@H](C)C1. The van der Waals surface area contributed by atoms with Crippen LogP contribution < -0.4 is 5.73 Å². The Bertz CT molecular complexity index is 200. The number of nitrogens with zero attached hydrogens (tertiary/aromatic N) is 1. The molecule has 2 N–H and O–H groups in total. The highest BCUT2D eigenvalue weighted by atomic mass is 32.1. The van der Waals surface area contributed by atoms with E-state index in [-0.39, 0.29) is 0 Å². The lowest BCUT2D eigenvalue weighted by Crippen LogP contribution is -2.49. The van der Waals surface area contributed by atoms with Crippen LogP contribution in [0, 0.1) is 0 Å². The van der Waals surface area contributed by atoms with Crippen molar-refractivity contribution >= 4 is 17.2 Å². The van der Waals surface area contributed by atoms with Gasteiger partial charge < -0.3 is 10.5 Å². The van der Waals surface area contributed by atoms with Gasteiger partial charge in [-0.2, -0.15) is 0 Å². The first-order valence-corrected chi connectivity index (χ1v) is 5.57. The first kappa shape index (κ1) is 11.9. The van der Waals surface area contributed by atoms with Gasteiger partial charge in [0.25, 0.3) is 0 Å². The Morgan fingerprint density at radius 1 is 1.50 bits per heavy atom. The molecule has 0 spiro atoms. The van der Waals surface area contributed by atoms with Crippen LogP contribution in [0.4, 0.5) is 0 Å². The molecule has 0 saturated carbocycles. The van der Waals surface area contributed by atoms with Gasteiger partial charge in [0.15, 0.2) is 0 Å². The molecule has 3 atom stereocenters. The average molecular weight is 216 g/mol. The third-order valence-electron chi connectivity index (χ3n) is 2.57. The van der Waals surface area contributed by atoms with Crippen LogP contribution in [0.25, 0.3) is 0 Å². The van der Waals surface area contributed by atoms with Crippen LogP contribution in [-0.2, 0) is 4.74 Å². The largest absolute Gasteiger partial charge is 0.393 e. The average Bonchev–Trinajstić information content (AvgIpc) is 2.00. The summed E-state index contributed by atoms with van der Waals surface area (Å²) in [6, 6.07) is 0.432. The monoisotopic (exact) mass is 216 g/mol. The molecule has 1 saturated heterocycles. The summed E-state index contributed by atoms with van der Waals surface area (Å²) in [7, 11) is 0. The van der Waals surface area contributed by atoms with Crippen molar-refractivity contribution in [2.45, 2.75) is 45.4 Å². The van der Waals surface area contributed by atoms with Crippen molar-refractivity contribution in [3.63, 3.8) is 0 Å². The van der Waals surface area contributed by atoms with Gasteiger partial charge in [0.1, 0.15) is 0 Å². The summed E-state index contributed by atoms with van der Waals surface area (Å²) < 4.78 is 5.67. The highest BCUT2D eigenvalue weighted by molar-refractivity contribution is 7.80. The zero-order chi connectivity index (χ0) is 10.7. The van der Waals surface area contributed by atoms with Gasteiger partial charge in [0.05, 0.1) is 17.2 Å². The number of hydrogen-bond acceptors (Lipinski definition) is 3. The summed E-state index contributed by atoms with van der Waals surface area (Å²) in [5.74, 6) is 0. The lowest BCUT2D eigenvalue weighted by molar-refractivity contribution is -0.0776. The molecule has 1 aliphatic heterocycles. The number of nitrogens with two attached hydrogens (primary N) is 1. The molecule has 0 aromatic carbocycles. The summed E-state index contributed by atoms with van der Waals surface area (Å²) in [6.45, 7) is 8.35. The second kappa shape index (κ2) is 5.05. The molecule has 1 aliphatic rings. The van der Waals surface area contributed by atoms with E-state index in [1.54, 1.807) is 0 Å². The zero-order valence-corrected chi connectivity index (χ0v) is 10.0. The second-order valence-corrected chi connectivity index (χ2v) is 4.76. The van der Waals surface area contributed by atoms with E-state index < -0.39 is 0 Å². The van der Waals surface area contributed by atoms with E-state index in [1.165, 1.54) is 0 Å². The minimum atomic E-state index is 0.313. The Kier molecular flexibility index (Phi) is 4.29. The molecular formula is C10H20N2OS. The Morgan fingerprint density at radius 2 is 2.00 bits per heavy atom. The summed E-state index contributed by atoms with van der Waals surface area (Å²) in [5, 5.41) is 0. The van der Waals surface area contributed by atoms with Crippen LogP contribution >= 0.6 is 12.2 Å². The van der Waals surface area contributed by atoms with Gasteiger partial charge in [0, 0.05) is 25.6 Å². The molecule has 1 rings (SSSR count). The number of ether oxygens (including phenoxy) is 1. The van der Waals surface area contributed by atoms with Gasteiger partial charge in [-0.3, -0.25) is 4.90 Å². The smallest absolute Gasteiger partial charge is 0.0742 e. The highest BCUT2D eigenvalue weighted by Gasteiger charge is 2.25. The third kappa shape index (κ3) is 3.52. The van der Waals surface area contributed by atoms with Crippen LogP contribution in [-0.4, -0.2) is 41.2 Å².